The summed E-state index contributed by atoms with van der Waals surface area (Å²) in [5, 5.41) is -0.382. The first-order valence-electron chi connectivity index (χ1n) is 15.9. The van der Waals surface area contributed by atoms with Gasteiger partial charge < -0.3 is 24.3 Å². The fourth-order valence-electron chi connectivity index (χ4n) is 5.57. The number of hydrogen-bond acceptors (Lipinski definition) is 8. The van der Waals surface area contributed by atoms with E-state index < -0.39 is 46.7 Å². The van der Waals surface area contributed by atoms with Gasteiger partial charge in [0.05, 0.1) is 19.6 Å². The summed E-state index contributed by atoms with van der Waals surface area (Å²) in [6, 6.07) is 27.7. The zero-order chi connectivity index (χ0) is 35.3. The highest BCUT2D eigenvalue weighted by atomic mass is 35.5. The number of amides is 1. The third-order valence-corrected chi connectivity index (χ3v) is 8.65. The molecule has 1 aromatic heterocycles. The minimum absolute atomic E-state index is 0.0188. The van der Waals surface area contributed by atoms with Crippen LogP contribution in [0.5, 0.6) is 5.75 Å². The Kier molecular flexibility index (Phi) is 10.9. The van der Waals surface area contributed by atoms with Crippen LogP contribution in [0.15, 0.2) is 102 Å². The van der Waals surface area contributed by atoms with Crippen LogP contribution >= 0.6 is 11.6 Å². The van der Waals surface area contributed by atoms with Gasteiger partial charge in [-0.1, -0.05) is 112 Å². The molecule has 1 aliphatic rings. The number of benzene rings is 3. The highest BCUT2D eigenvalue weighted by Crippen LogP contribution is 2.48. The lowest BCUT2D eigenvalue weighted by atomic mass is 9.80. The van der Waals surface area contributed by atoms with E-state index in [1.165, 1.54) is 12.3 Å². The molecule has 2 heterocycles. The lowest BCUT2D eigenvalue weighted by Crippen LogP contribution is -2.45. The molecule has 0 radical (unpaired) electrons. The number of alkyl halides is 2. The average Bonchev–Trinajstić information content (AvgIpc) is 3.34. The minimum atomic E-state index is -2.92. The van der Waals surface area contributed by atoms with Gasteiger partial charge in [0.25, 0.3) is 5.13 Å². The highest BCUT2D eigenvalue weighted by Gasteiger charge is 2.61. The van der Waals surface area contributed by atoms with Crippen molar-refractivity contribution in [1.82, 2.24) is 9.55 Å². The van der Waals surface area contributed by atoms with Gasteiger partial charge in [-0.25, -0.2) is 9.18 Å². The van der Waals surface area contributed by atoms with Crippen LogP contribution in [0.1, 0.15) is 50.6 Å². The fraction of sp³-hybridized carbons (Fsp3) is 0.351. The van der Waals surface area contributed by atoms with Gasteiger partial charge in [-0.15, -0.1) is 0 Å². The first-order valence-corrected chi connectivity index (χ1v) is 16.3. The number of halogens is 2. The number of carbonyl (C=O) groups is 2. The Hall–Kier alpha value is -4.58. The van der Waals surface area contributed by atoms with Crippen LogP contribution in [-0.4, -0.2) is 52.5 Å². The van der Waals surface area contributed by atoms with E-state index in [1.807, 2.05) is 84.9 Å². The topological polar surface area (TPSA) is 118 Å². The number of aromatic nitrogens is 2. The molecular formula is C37H39ClFN3O7. The van der Waals surface area contributed by atoms with E-state index in [9.17, 15) is 14.4 Å². The van der Waals surface area contributed by atoms with Gasteiger partial charge in [-0.3, -0.25) is 14.2 Å². The molecule has 5 rings (SSSR count). The molecule has 1 fully saturated rings. The third-order valence-electron chi connectivity index (χ3n) is 8.24. The van der Waals surface area contributed by atoms with Crippen LogP contribution in [0.25, 0.3) is 0 Å². The van der Waals surface area contributed by atoms with Crippen LogP contribution in [0, 0.1) is 11.8 Å². The predicted molar refractivity (Wildman–Crippen MR) is 182 cm³/mol. The Labute approximate surface area is 289 Å². The Morgan fingerprint density at radius 3 is 2.02 bits per heavy atom. The van der Waals surface area contributed by atoms with E-state index in [2.05, 4.69) is 10.3 Å². The molecule has 1 amide bonds. The highest BCUT2D eigenvalue weighted by molar-refractivity contribution is 6.23. The van der Waals surface area contributed by atoms with Crippen molar-refractivity contribution in [2.24, 2.45) is 11.8 Å². The molecule has 3 aromatic carbocycles. The zero-order valence-electron chi connectivity index (χ0n) is 27.8. The van der Waals surface area contributed by atoms with Gasteiger partial charge in [0.2, 0.25) is 5.91 Å². The van der Waals surface area contributed by atoms with Crippen molar-refractivity contribution in [1.29, 1.82) is 0 Å². The normalized spacial score (nSPS) is 20.7. The van der Waals surface area contributed by atoms with Crippen LogP contribution in [0.2, 0.25) is 0 Å². The number of nitrogens with zero attached hydrogens (tertiary/aromatic N) is 2. The molecule has 0 aliphatic carbocycles. The van der Waals surface area contributed by atoms with Crippen molar-refractivity contribution < 1.29 is 32.9 Å². The molecular weight excluding hydrogens is 653 g/mol. The summed E-state index contributed by atoms with van der Waals surface area (Å²) in [6.45, 7) is 6.26. The van der Waals surface area contributed by atoms with Gasteiger partial charge in [0.1, 0.15) is 23.3 Å². The molecule has 0 saturated carbocycles. The van der Waals surface area contributed by atoms with Crippen molar-refractivity contribution in [3.63, 3.8) is 0 Å². The quantitative estimate of drug-likeness (QED) is 0.106. The van der Waals surface area contributed by atoms with Gasteiger partial charge >= 0.3 is 11.7 Å². The number of hydrogen-bond donors (Lipinski definition) is 1. The van der Waals surface area contributed by atoms with Gasteiger partial charge in [-0.2, -0.15) is 4.98 Å². The second kappa shape index (κ2) is 14.9. The average molecular weight is 692 g/mol. The summed E-state index contributed by atoms with van der Waals surface area (Å²) in [6.07, 6.45) is -3.53. The molecule has 0 bridgehead atoms. The maximum atomic E-state index is 16.8. The summed E-state index contributed by atoms with van der Waals surface area (Å²) >= 11 is 6.55. The van der Waals surface area contributed by atoms with Crippen LogP contribution in [-0.2, 0) is 29.4 Å². The number of ether oxygens (including phenoxy) is 4. The Morgan fingerprint density at radius 1 is 0.939 bits per heavy atom. The second-order valence-electron chi connectivity index (χ2n) is 12.3. The number of anilines is 1. The van der Waals surface area contributed by atoms with Crippen molar-refractivity contribution in [2.45, 2.75) is 56.9 Å². The molecule has 10 nitrogen and oxygen atoms in total. The predicted octanol–water partition coefficient (Wildman–Crippen LogP) is 6.22. The van der Waals surface area contributed by atoms with Crippen molar-refractivity contribution in [3.8, 4) is 5.75 Å². The lowest BCUT2D eigenvalue weighted by Gasteiger charge is -2.37. The Balaban J connectivity index is 1.57. The van der Waals surface area contributed by atoms with Crippen LogP contribution < -0.4 is 15.7 Å². The Bertz CT molecular complexity index is 1760. The van der Waals surface area contributed by atoms with Gasteiger partial charge in [0, 0.05) is 12.1 Å². The smallest absolute Gasteiger partial charge is 0.351 e. The number of esters is 1. The van der Waals surface area contributed by atoms with Gasteiger partial charge in [0.15, 0.2) is 12.3 Å². The van der Waals surface area contributed by atoms with Crippen molar-refractivity contribution in [2.75, 3.05) is 19.0 Å². The van der Waals surface area contributed by atoms with E-state index in [0.717, 1.165) is 21.3 Å². The van der Waals surface area contributed by atoms with E-state index >= 15 is 4.39 Å². The molecule has 49 heavy (non-hydrogen) atoms. The Morgan fingerprint density at radius 2 is 1.51 bits per heavy atom. The molecule has 1 saturated heterocycles. The van der Waals surface area contributed by atoms with E-state index in [1.54, 1.807) is 34.8 Å². The van der Waals surface area contributed by atoms with E-state index in [-0.39, 0.29) is 24.2 Å². The summed E-state index contributed by atoms with van der Waals surface area (Å²) in [5.41, 5.74) is 0.0450. The molecule has 4 unspecified atom stereocenters. The lowest BCUT2D eigenvalue weighted by molar-refractivity contribution is -0.162. The molecule has 0 spiro atoms. The standard InChI is InChI=1S/C37H39ClFN3O7/c1-23(2)32(43)40-30-20-21-42(35(45)41-30)34-37(38,39)31(49-33(44)24(3)4)29(48-34)22-47-36(25-12-8-6-9-13-25,26-14-10-7-11-15-26)27-16-18-28(46-5)19-17-27/h6-21,23-24,29,31,34H,22H2,1-5H3,(H,40,41,43,45). The third kappa shape index (κ3) is 7.39. The van der Waals surface area contributed by atoms with Gasteiger partial charge in [-0.05, 0) is 34.9 Å². The SMILES string of the molecule is COc1ccc(C(OCC2OC(n3ccc(NC(=O)C(C)C)nc3=O)C(F)(Cl)C2OC(=O)C(C)C)(c2ccccc2)c2ccccc2)cc1. The van der Waals surface area contributed by atoms with Crippen LogP contribution in [0.3, 0.4) is 0 Å². The monoisotopic (exact) mass is 691 g/mol. The molecule has 258 valence electrons. The molecule has 4 aromatic rings. The molecule has 4 atom stereocenters. The molecule has 12 heteroatoms. The first-order chi connectivity index (χ1) is 23.4. The molecule has 1 N–H and O–H groups in total. The minimum Gasteiger partial charge on any atom is -0.497 e. The van der Waals surface area contributed by atoms with Crippen molar-refractivity contribution >= 4 is 29.3 Å². The summed E-state index contributed by atoms with van der Waals surface area (Å²) < 4.78 is 41.7. The summed E-state index contributed by atoms with van der Waals surface area (Å²) in [7, 11) is 1.57. The summed E-state index contributed by atoms with van der Waals surface area (Å²) in [5.74, 6) is -1.43. The van der Waals surface area contributed by atoms with Crippen LogP contribution in [0.4, 0.5) is 10.2 Å². The second-order valence-corrected chi connectivity index (χ2v) is 12.9. The maximum absolute atomic E-state index is 16.8. The number of methoxy groups -OCH3 is 1. The zero-order valence-corrected chi connectivity index (χ0v) is 28.6. The first kappa shape index (κ1) is 35.7. The fourth-order valence-corrected chi connectivity index (χ4v) is 5.91. The van der Waals surface area contributed by atoms with E-state index in [4.69, 9.17) is 30.5 Å². The number of rotatable bonds is 12. The van der Waals surface area contributed by atoms with Crippen molar-refractivity contribution in [3.05, 3.63) is 124 Å². The number of carbonyl (C=O) groups excluding carboxylic acids is 2. The number of nitrogens with one attached hydrogen (secondary N) is 1. The van der Waals surface area contributed by atoms with E-state index in [0.29, 0.717) is 5.75 Å². The molecule has 1 aliphatic heterocycles. The summed E-state index contributed by atoms with van der Waals surface area (Å²) in [4.78, 5) is 42.1. The largest absolute Gasteiger partial charge is 0.497 e. The maximum Gasteiger partial charge on any atom is 0.351 e.